The number of ketones is 1. The first-order valence-corrected chi connectivity index (χ1v) is 6.86. The van der Waals surface area contributed by atoms with Crippen molar-refractivity contribution in [1.29, 1.82) is 0 Å². The number of carbonyl (C=O) groups is 2. The molecule has 0 aromatic heterocycles. The second kappa shape index (κ2) is 8.21. The van der Waals surface area contributed by atoms with Gasteiger partial charge in [-0.3, -0.25) is 9.59 Å². The molecule has 5 heteroatoms. The van der Waals surface area contributed by atoms with E-state index < -0.39 is 5.91 Å². The van der Waals surface area contributed by atoms with Crippen LogP contribution in [0.25, 0.3) is 0 Å². The smallest absolute Gasteiger partial charge is 0.289 e. The molecule has 0 radical (unpaired) electrons. The van der Waals surface area contributed by atoms with E-state index in [2.05, 4.69) is 10.6 Å². The molecule has 0 saturated carbocycles. The van der Waals surface area contributed by atoms with Gasteiger partial charge in [0.05, 0.1) is 12.1 Å². The minimum atomic E-state index is -0.495. The van der Waals surface area contributed by atoms with E-state index in [0.29, 0.717) is 19.5 Å². The topological polar surface area (TPSA) is 67.4 Å². The lowest BCUT2D eigenvalue weighted by Crippen LogP contribution is -2.46. The van der Waals surface area contributed by atoms with Gasteiger partial charge in [0.1, 0.15) is 0 Å². The minimum Gasteiger partial charge on any atom is -0.376 e. The highest BCUT2D eigenvalue weighted by atomic mass is 16.5. The van der Waals surface area contributed by atoms with E-state index in [9.17, 15) is 9.59 Å². The zero-order valence-corrected chi connectivity index (χ0v) is 11.3. The number of likely N-dealkylation sites (N-methyl/N-ethyl adjacent to an activating group) is 1. The van der Waals surface area contributed by atoms with Crippen molar-refractivity contribution in [3.8, 4) is 0 Å². The Labute approximate surface area is 109 Å². The Kier molecular flexibility index (Phi) is 6.90. The van der Waals surface area contributed by atoms with E-state index in [4.69, 9.17) is 4.74 Å². The normalized spacial score (nSPS) is 20.7. The summed E-state index contributed by atoms with van der Waals surface area (Å²) in [5.74, 6) is -0.860. The number of rotatable bonds is 8. The van der Waals surface area contributed by atoms with Crippen LogP contribution in [-0.2, 0) is 14.3 Å². The zero-order chi connectivity index (χ0) is 13.4. The quantitative estimate of drug-likeness (QED) is 0.625. The number of nitrogens with one attached hydrogen (secondary N) is 2. The Morgan fingerprint density at radius 1 is 1.39 bits per heavy atom. The highest BCUT2D eigenvalue weighted by Crippen LogP contribution is 2.10. The third kappa shape index (κ3) is 4.74. The molecule has 0 aromatic carbocycles. The van der Waals surface area contributed by atoms with Crippen LogP contribution in [0.3, 0.4) is 0 Å². The number of amides is 1. The molecule has 18 heavy (non-hydrogen) atoms. The average Bonchev–Trinajstić information content (AvgIpc) is 2.88. The highest BCUT2D eigenvalue weighted by Gasteiger charge is 2.25. The molecule has 1 saturated heterocycles. The molecule has 0 bridgehead atoms. The van der Waals surface area contributed by atoms with Gasteiger partial charge in [-0.1, -0.05) is 20.3 Å². The van der Waals surface area contributed by atoms with Crippen molar-refractivity contribution in [2.75, 3.05) is 19.7 Å². The van der Waals surface area contributed by atoms with Gasteiger partial charge in [-0.05, 0) is 25.8 Å². The third-order valence-electron chi connectivity index (χ3n) is 3.08. The minimum absolute atomic E-state index is 0.0745. The molecular weight excluding hydrogens is 232 g/mol. The maximum atomic E-state index is 11.9. The van der Waals surface area contributed by atoms with Crippen molar-refractivity contribution >= 4 is 11.7 Å². The first kappa shape index (κ1) is 15.1. The van der Waals surface area contributed by atoms with E-state index in [1.165, 1.54) is 0 Å². The Morgan fingerprint density at radius 2 is 2.17 bits per heavy atom. The molecule has 0 aromatic rings. The predicted octanol–water partition coefficient (Wildman–Crippen LogP) is 0.629. The monoisotopic (exact) mass is 256 g/mol. The number of hydrogen-bond donors (Lipinski definition) is 2. The molecule has 0 spiro atoms. The molecule has 5 nitrogen and oxygen atoms in total. The zero-order valence-electron chi connectivity index (χ0n) is 11.3. The summed E-state index contributed by atoms with van der Waals surface area (Å²) in [7, 11) is 0. The first-order valence-electron chi connectivity index (χ1n) is 6.86. The summed E-state index contributed by atoms with van der Waals surface area (Å²) in [6.45, 7) is 5.82. The van der Waals surface area contributed by atoms with E-state index in [1.807, 2.05) is 13.8 Å². The van der Waals surface area contributed by atoms with E-state index in [1.54, 1.807) is 0 Å². The molecule has 2 N–H and O–H groups in total. The van der Waals surface area contributed by atoms with Gasteiger partial charge in [0.15, 0.2) is 0 Å². The summed E-state index contributed by atoms with van der Waals surface area (Å²) in [6, 6.07) is -0.357. The lowest BCUT2D eigenvalue weighted by molar-refractivity contribution is -0.139. The highest BCUT2D eigenvalue weighted by molar-refractivity contribution is 6.38. The summed E-state index contributed by atoms with van der Waals surface area (Å²) >= 11 is 0. The second-order valence-electron chi connectivity index (χ2n) is 4.61. The first-order chi connectivity index (χ1) is 8.69. The van der Waals surface area contributed by atoms with Gasteiger partial charge in [-0.15, -0.1) is 0 Å². The van der Waals surface area contributed by atoms with Gasteiger partial charge in [0.25, 0.3) is 5.91 Å². The van der Waals surface area contributed by atoms with Crippen LogP contribution in [0.5, 0.6) is 0 Å². The predicted molar refractivity (Wildman–Crippen MR) is 69.4 cm³/mol. The van der Waals surface area contributed by atoms with Gasteiger partial charge in [0, 0.05) is 13.2 Å². The summed E-state index contributed by atoms with van der Waals surface area (Å²) in [5, 5.41) is 5.72. The van der Waals surface area contributed by atoms with Crippen molar-refractivity contribution in [2.24, 2.45) is 0 Å². The second-order valence-corrected chi connectivity index (χ2v) is 4.61. The Hall–Kier alpha value is -0.940. The molecule has 1 fully saturated rings. The van der Waals surface area contributed by atoms with Crippen molar-refractivity contribution in [3.05, 3.63) is 0 Å². The molecule has 1 amide bonds. The molecule has 2 atom stereocenters. The van der Waals surface area contributed by atoms with Crippen LogP contribution in [0, 0.1) is 0 Å². The summed E-state index contributed by atoms with van der Waals surface area (Å²) in [4.78, 5) is 23.6. The Morgan fingerprint density at radius 3 is 2.72 bits per heavy atom. The van der Waals surface area contributed by atoms with Gasteiger partial charge >= 0.3 is 0 Å². The van der Waals surface area contributed by atoms with Crippen molar-refractivity contribution in [2.45, 2.75) is 51.7 Å². The van der Waals surface area contributed by atoms with Crippen LogP contribution in [-0.4, -0.2) is 43.5 Å². The lowest BCUT2D eigenvalue weighted by atomic mass is 10.1. The number of carbonyl (C=O) groups excluding carboxylic acids is 2. The van der Waals surface area contributed by atoms with Crippen LogP contribution in [0.4, 0.5) is 0 Å². The Balaban J connectivity index is 2.35. The average molecular weight is 256 g/mol. The van der Waals surface area contributed by atoms with Crippen LogP contribution in [0.2, 0.25) is 0 Å². The summed E-state index contributed by atoms with van der Waals surface area (Å²) in [5.41, 5.74) is 0. The van der Waals surface area contributed by atoms with Crippen LogP contribution in [0.1, 0.15) is 39.5 Å². The fraction of sp³-hybridized carbons (Fsp3) is 0.846. The molecule has 0 aliphatic carbocycles. The van der Waals surface area contributed by atoms with Crippen molar-refractivity contribution in [1.82, 2.24) is 10.6 Å². The molecule has 2 unspecified atom stereocenters. The largest absolute Gasteiger partial charge is 0.376 e. The molecule has 1 rings (SSSR count). The molecular formula is C13H24N2O3. The summed E-state index contributed by atoms with van der Waals surface area (Å²) < 4.78 is 5.40. The van der Waals surface area contributed by atoms with E-state index in [-0.39, 0.29) is 17.9 Å². The summed E-state index contributed by atoms with van der Waals surface area (Å²) in [6.07, 6.45) is 3.64. The maximum absolute atomic E-state index is 11.9. The van der Waals surface area contributed by atoms with Gasteiger partial charge in [-0.25, -0.2) is 0 Å². The fourth-order valence-electron chi connectivity index (χ4n) is 2.12. The maximum Gasteiger partial charge on any atom is 0.289 e. The number of Topliss-reactive ketones (excluding diaryl/α,β-unsaturated/α-hetero) is 1. The van der Waals surface area contributed by atoms with E-state index in [0.717, 1.165) is 25.9 Å². The number of hydrogen-bond acceptors (Lipinski definition) is 4. The molecule has 1 heterocycles. The van der Waals surface area contributed by atoms with Crippen LogP contribution >= 0.6 is 0 Å². The van der Waals surface area contributed by atoms with Crippen LogP contribution in [0.15, 0.2) is 0 Å². The SMILES string of the molecule is CCCC(NCC)C(=O)C(=O)NCC1CCCO1. The lowest BCUT2D eigenvalue weighted by Gasteiger charge is -2.16. The van der Waals surface area contributed by atoms with E-state index >= 15 is 0 Å². The van der Waals surface area contributed by atoms with Gasteiger partial charge < -0.3 is 15.4 Å². The standard InChI is InChI=1S/C13H24N2O3/c1-3-6-11(14-4-2)12(16)13(17)15-9-10-7-5-8-18-10/h10-11,14H,3-9H2,1-2H3,(H,15,17). The molecule has 1 aliphatic rings. The molecule has 104 valence electrons. The van der Waals surface area contributed by atoms with Crippen molar-refractivity contribution in [3.63, 3.8) is 0 Å². The fourth-order valence-corrected chi connectivity index (χ4v) is 2.12. The van der Waals surface area contributed by atoms with Gasteiger partial charge in [-0.2, -0.15) is 0 Å². The van der Waals surface area contributed by atoms with Crippen LogP contribution < -0.4 is 10.6 Å². The van der Waals surface area contributed by atoms with Crippen molar-refractivity contribution < 1.29 is 14.3 Å². The Bertz CT molecular complexity index is 269. The third-order valence-corrected chi connectivity index (χ3v) is 3.08. The molecule has 1 aliphatic heterocycles. The number of ether oxygens (including phenoxy) is 1. The van der Waals surface area contributed by atoms with Gasteiger partial charge in [0.2, 0.25) is 5.78 Å².